The third-order valence-electron chi connectivity index (χ3n) is 5.35. The van der Waals surface area contributed by atoms with Crippen LogP contribution in [0.1, 0.15) is 37.9 Å². The molecule has 1 aromatic carbocycles. The highest BCUT2D eigenvalue weighted by Gasteiger charge is 2.51. The van der Waals surface area contributed by atoms with E-state index in [1.165, 1.54) is 4.90 Å². The lowest BCUT2D eigenvalue weighted by molar-refractivity contribution is -0.144. The molecule has 2 amide bonds. The number of alkyl halides is 3. The molecule has 1 aliphatic heterocycles. The van der Waals surface area contributed by atoms with Gasteiger partial charge in [-0.05, 0) is 25.0 Å². The van der Waals surface area contributed by atoms with Crippen LogP contribution >= 0.6 is 0 Å². The van der Waals surface area contributed by atoms with Crippen LogP contribution in [0.3, 0.4) is 0 Å². The van der Waals surface area contributed by atoms with Gasteiger partial charge in [0.2, 0.25) is 5.82 Å². The van der Waals surface area contributed by atoms with Crippen molar-refractivity contribution in [2.45, 2.75) is 43.8 Å². The van der Waals surface area contributed by atoms with E-state index in [9.17, 15) is 18.0 Å². The number of hydrogen-bond donors (Lipinski definition) is 0. The topological polar surface area (TPSA) is 49.3 Å². The van der Waals surface area contributed by atoms with Crippen LogP contribution in [-0.4, -0.2) is 28.1 Å². The fraction of sp³-hybridized carbons (Fsp3) is 0.421. The van der Waals surface area contributed by atoms with E-state index >= 15 is 0 Å². The smallest absolute Gasteiger partial charge is 0.289 e. The lowest BCUT2D eigenvalue weighted by Crippen LogP contribution is -2.48. The second-order valence-corrected chi connectivity index (χ2v) is 7.09. The summed E-state index contributed by atoms with van der Waals surface area (Å²) in [5, 5.41) is 0. The Morgan fingerprint density at radius 1 is 0.926 bits per heavy atom. The Kier molecular flexibility index (Phi) is 4.28. The first-order valence-electron chi connectivity index (χ1n) is 8.97. The molecular formula is C19H19F3N4O. The zero-order valence-electron chi connectivity index (χ0n) is 14.6. The Labute approximate surface area is 154 Å². The van der Waals surface area contributed by atoms with Gasteiger partial charge in [0.25, 0.3) is 0 Å². The average Bonchev–Trinajstić information content (AvgIpc) is 2.94. The predicted octanol–water partition coefficient (Wildman–Crippen LogP) is 4.64. The highest BCUT2D eigenvalue weighted by Crippen LogP contribution is 2.43. The number of nitrogens with zero attached hydrogens (tertiary/aromatic N) is 4. The van der Waals surface area contributed by atoms with Crippen LogP contribution in [0.25, 0.3) is 0 Å². The Balaban J connectivity index is 1.70. The van der Waals surface area contributed by atoms with Crippen LogP contribution < -0.4 is 9.80 Å². The van der Waals surface area contributed by atoms with Gasteiger partial charge in [-0.1, -0.05) is 37.5 Å². The Hall–Kier alpha value is -2.64. The molecule has 27 heavy (non-hydrogen) atoms. The molecule has 2 aliphatic rings. The predicted molar refractivity (Wildman–Crippen MR) is 94.5 cm³/mol. The molecule has 2 fully saturated rings. The molecule has 0 radical (unpaired) electrons. The van der Waals surface area contributed by atoms with E-state index in [4.69, 9.17) is 0 Å². The van der Waals surface area contributed by atoms with Gasteiger partial charge in [0.1, 0.15) is 0 Å². The number of rotatable bonds is 2. The summed E-state index contributed by atoms with van der Waals surface area (Å²) in [5.41, 5.74) is 0.746. The molecule has 4 rings (SSSR count). The van der Waals surface area contributed by atoms with E-state index in [1.807, 2.05) is 35.2 Å². The van der Waals surface area contributed by atoms with E-state index in [-0.39, 0.29) is 17.3 Å². The minimum Gasteiger partial charge on any atom is -0.289 e. The number of urea groups is 1. The SMILES string of the molecule is O=C1N(c2cnc(C(F)(F)F)nc2)CC2(CCCCC2)N1c1ccccc1. The molecule has 2 heterocycles. The molecule has 0 N–H and O–H groups in total. The van der Waals surface area contributed by atoms with Crippen molar-refractivity contribution in [2.75, 3.05) is 16.3 Å². The first kappa shape index (κ1) is 17.8. The van der Waals surface area contributed by atoms with Gasteiger partial charge in [-0.2, -0.15) is 13.2 Å². The van der Waals surface area contributed by atoms with E-state index in [0.717, 1.165) is 50.2 Å². The summed E-state index contributed by atoms with van der Waals surface area (Å²) in [6.45, 7) is 0.426. The van der Waals surface area contributed by atoms with Crippen molar-refractivity contribution in [2.24, 2.45) is 0 Å². The molecule has 1 saturated heterocycles. The number of benzene rings is 1. The first-order valence-corrected chi connectivity index (χ1v) is 8.97. The normalized spacial score (nSPS) is 19.7. The second-order valence-electron chi connectivity index (χ2n) is 7.09. The number of halogens is 3. The molecule has 142 valence electrons. The summed E-state index contributed by atoms with van der Waals surface area (Å²) in [7, 11) is 0. The summed E-state index contributed by atoms with van der Waals surface area (Å²) in [4.78, 5) is 23.4. The third-order valence-corrected chi connectivity index (χ3v) is 5.35. The number of carbonyl (C=O) groups excluding carboxylic acids is 1. The van der Waals surface area contributed by atoms with E-state index in [2.05, 4.69) is 9.97 Å². The Morgan fingerprint density at radius 3 is 2.15 bits per heavy atom. The van der Waals surface area contributed by atoms with Crippen LogP contribution in [0, 0.1) is 0 Å². The largest absolute Gasteiger partial charge is 0.451 e. The summed E-state index contributed by atoms with van der Waals surface area (Å²) < 4.78 is 38.2. The molecule has 1 saturated carbocycles. The molecular weight excluding hydrogens is 357 g/mol. The van der Waals surface area contributed by atoms with Crippen LogP contribution in [0.15, 0.2) is 42.7 Å². The first-order chi connectivity index (χ1) is 12.9. The van der Waals surface area contributed by atoms with E-state index in [0.29, 0.717) is 6.54 Å². The Bertz CT molecular complexity index is 817. The lowest BCUT2D eigenvalue weighted by atomic mass is 9.81. The molecule has 0 unspecified atom stereocenters. The van der Waals surface area contributed by atoms with Crippen LogP contribution in [-0.2, 0) is 6.18 Å². The standard InChI is InChI=1S/C19H19F3N4O/c20-19(21,22)16-23-11-15(12-24-16)25-13-18(9-5-2-6-10-18)26(17(25)27)14-7-3-1-4-8-14/h1,3-4,7-8,11-12H,2,5-6,9-10,13H2. The minimum absolute atomic E-state index is 0.244. The van der Waals surface area contributed by atoms with Crippen molar-refractivity contribution in [1.82, 2.24) is 9.97 Å². The molecule has 8 heteroatoms. The maximum Gasteiger partial charge on any atom is 0.451 e. The number of hydrogen-bond acceptors (Lipinski definition) is 3. The fourth-order valence-corrected chi connectivity index (χ4v) is 4.12. The van der Waals surface area contributed by atoms with Gasteiger partial charge in [0.05, 0.1) is 30.2 Å². The number of carbonyl (C=O) groups is 1. The van der Waals surface area contributed by atoms with E-state index in [1.54, 1.807) is 0 Å². The summed E-state index contributed by atoms with van der Waals surface area (Å²) in [5.74, 6) is -1.20. The van der Waals surface area contributed by atoms with Crippen molar-refractivity contribution in [1.29, 1.82) is 0 Å². The monoisotopic (exact) mass is 376 g/mol. The quantitative estimate of drug-likeness (QED) is 0.767. The van der Waals surface area contributed by atoms with Crippen molar-refractivity contribution in [3.63, 3.8) is 0 Å². The van der Waals surface area contributed by atoms with Gasteiger partial charge in [0, 0.05) is 5.69 Å². The number of amides is 2. The Morgan fingerprint density at radius 2 is 1.56 bits per heavy atom. The third kappa shape index (κ3) is 3.13. The zero-order valence-corrected chi connectivity index (χ0v) is 14.6. The fourth-order valence-electron chi connectivity index (χ4n) is 4.12. The van der Waals surface area contributed by atoms with Gasteiger partial charge < -0.3 is 0 Å². The molecule has 0 bridgehead atoms. The lowest BCUT2D eigenvalue weighted by Gasteiger charge is -2.40. The average molecular weight is 376 g/mol. The molecule has 2 aromatic rings. The molecule has 1 aliphatic carbocycles. The molecule has 0 atom stereocenters. The van der Waals surface area contributed by atoms with Gasteiger partial charge >= 0.3 is 12.2 Å². The van der Waals surface area contributed by atoms with Gasteiger partial charge in [-0.25, -0.2) is 14.8 Å². The van der Waals surface area contributed by atoms with Crippen molar-refractivity contribution >= 4 is 17.4 Å². The zero-order chi connectivity index (χ0) is 19.1. The van der Waals surface area contributed by atoms with Gasteiger partial charge in [-0.15, -0.1) is 0 Å². The van der Waals surface area contributed by atoms with Crippen LogP contribution in [0.4, 0.5) is 29.3 Å². The van der Waals surface area contributed by atoms with Crippen LogP contribution in [0.2, 0.25) is 0 Å². The van der Waals surface area contributed by atoms with Crippen molar-refractivity contribution in [3.8, 4) is 0 Å². The summed E-state index contributed by atoms with van der Waals surface area (Å²) >= 11 is 0. The highest BCUT2D eigenvalue weighted by molar-refractivity contribution is 6.07. The molecule has 1 aromatic heterocycles. The van der Waals surface area contributed by atoms with E-state index < -0.39 is 12.0 Å². The molecule has 1 spiro atoms. The minimum atomic E-state index is -4.60. The molecule has 5 nitrogen and oxygen atoms in total. The second kappa shape index (κ2) is 6.51. The van der Waals surface area contributed by atoms with Gasteiger partial charge in [-0.3, -0.25) is 9.80 Å². The highest BCUT2D eigenvalue weighted by atomic mass is 19.4. The number of anilines is 2. The van der Waals surface area contributed by atoms with Crippen molar-refractivity contribution in [3.05, 3.63) is 48.5 Å². The van der Waals surface area contributed by atoms with Crippen LogP contribution in [0.5, 0.6) is 0 Å². The number of para-hydroxylation sites is 1. The number of aromatic nitrogens is 2. The van der Waals surface area contributed by atoms with Gasteiger partial charge in [0.15, 0.2) is 0 Å². The van der Waals surface area contributed by atoms with Crippen molar-refractivity contribution < 1.29 is 18.0 Å². The maximum atomic E-state index is 13.2. The summed E-state index contributed by atoms with van der Waals surface area (Å²) in [6.07, 6.45) is 2.47. The summed E-state index contributed by atoms with van der Waals surface area (Å²) in [6, 6.07) is 9.18. The maximum absolute atomic E-state index is 13.2.